The molecule has 0 radical (unpaired) electrons. The van der Waals surface area contributed by atoms with Crippen molar-refractivity contribution in [2.24, 2.45) is 0 Å². The molecular formula is C15H19F3N2O3. The van der Waals surface area contributed by atoms with Crippen LogP contribution in [0.3, 0.4) is 0 Å². The lowest BCUT2D eigenvalue weighted by molar-refractivity contribution is -0.139. The molecule has 2 N–H and O–H groups in total. The Morgan fingerprint density at radius 2 is 1.87 bits per heavy atom. The van der Waals surface area contributed by atoms with Crippen LogP contribution in [-0.4, -0.2) is 35.8 Å². The summed E-state index contributed by atoms with van der Waals surface area (Å²) in [5.74, 6) is -0.291. The minimum Gasteiger partial charge on any atom is -0.486 e. The molecule has 0 saturated carbocycles. The third-order valence-electron chi connectivity index (χ3n) is 3.10. The van der Waals surface area contributed by atoms with Crippen LogP contribution >= 0.6 is 0 Å². The maximum absolute atomic E-state index is 13.0. The third-order valence-corrected chi connectivity index (χ3v) is 3.10. The van der Waals surface area contributed by atoms with Crippen molar-refractivity contribution >= 4 is 11.8 Å². The second kappa shape index (κ2) is 5.82. The number of carbonyl (C=O) groups is 1. The highest BCUT2D eigenvalue weighted by atomic mass is 19.4. The molecule has 1 aromatic rings. The summed E-state index contributed by atoms with van der Waals surface area (Å²) in [5.41, 5.74) is 3.86. The van der Waals surface area contributed by atoms with Gasteiger partial charge in [-0.25, -0.2) is 4.79 Å². The average Bonchev–Trinajstić information content (AvgIpc) is 2.31. The molecular weight excluding hydrogens is 313 g/mol. The van der Waals surface area contributed by atoms with Crippen molar-refractivity contribution < 1.29 is 27.4 Å². The number of carbonyl (C=O) groups excluding carboxylic acids is 1. The zero-order chi connectivity index (χ0) is 17.4. The Balaban J connectivity index is 1.97. The number of hydrogen-bond donors (Lipinski definition) is 1. The third kappa shape index (κ3) is 4.43. The fourth-order valence-electron chi connectivity index (χ4n) is 2.04. The van der Waals surface area contributed by atoms with E-state index < -0.39 is 29.5 Å². The number of benzene rings is 1. The number of hydrogen-bond acceptors (Lipinski definition) is 4. The fourth-order valence-corrected chi connectivity index (χ4v) is 2.04. The van der Waals surface area contributed by atoms with Crippen molar-refractivity contribution in [2.75, 3.05) is 18.8 Å². The Hall–Kier alpha value is -2.12. The Morgan fingerprint density at radius 3 is 2.39 bits per heavy atom. The number of nitrogens with zero attached hydrogens (tertiary/aromatic N) is 1. The van der Waals surface area contributed by atoms with Crippen molar-refractivity contribution in [3.05, 3.63) is 23.8 Å². The number of amides is 1. The number of rotatable bonds is 2. The molecule has 8 heteroatoms. The molecule has 1 amide bonds. The number of alkyl halides is 3. The molecule has 1 aliphatic rings. The average molecular weight is 332 g/mol. The van der Waals surface area contributed by atoms with Crippen LogP contribution in [-0.2, 0) is 10.9 Å². The van der Waals surface area contributed by atoms with Gasteiger partial charge in [-0.1, -0.05) is 0 Å². The molecule has 1 aromatic carbocycles. The van der Waals surface area contributed by atoms with Gasteiger partial charge in [0, 0.05) is 5.69 Å². The molecule has 0 atom stereocenters. The Labute approximate surface area is 132 Å². The first-order valence-corrected chi connectivity index (χ1v) is 7.07. The lowest BCUT2D eigenvalue weighted by Crippen LogP contribution is -2.57. The molecule has 23 heavy (non-hydrogen) atoms. The number of likely N-dealkylation sites (tertiary alicyclic amines) is 1. The largest absolute Gasteiger partial charge is 0.486 e. The van der Waals surface area contributed by atoms with Crippen LogP contribution in [0.25, 0.3) is 0 Å². The van der Waals surface area contributed by atoms with Crippen molar-refractivity contribution in [2.45, 2.75) is 38.7 Å². The molecule has 5 nitrogen and oxygen atoms in total. The molecule has 2 rings (SSSR count). The highest BCUT2D eigenvalue weighted by Crippen LogP contribution is 2.38. The number of halogens is 3. The van der Waals surface area contributed by atoms with Crippen LogP contribution in [0.4, 0.5) is 23.7 Å². The van der Waals surface area contributed by atoms with Crippen molar-refractivity contribution in [3.63, 3.8) is 0 Å². The van der Waals surface area contributed by atoms with E-state index in [9.17, 15) is 18.0 Å². The van der Waals surface area contributed by atoms with Crippen LogP contribution in [0.5, 0.6) is 5.75 Å². The molecule has 1 fully saturated rings. The topological polar surface area (TPSA) is 64.8 Å². The second-order valence-electron chi connectivity index (χ2n) is 6.38. The van der Waals surface area contributed by atoms with Gasteiger partial charge in [0.25, 0.3) is 0 Å². The zero-order valence-electron chi connectivity index (χ0n) is 13.1. The molecule has 0 bridgehead atoms. The van der Waals surface area contributed by atoms with Gasteiger partial charge in [-0.2, -0.15) is 13.2 Å². The molecule has 0 aromatic heterocycles. The monoisotopic (exact) mass is 332 g/mol. The highest BCUT2D eigenvalue weighted by molar-refractivity contribution is 5.69. The van der Waals surface area contributed by atoms with E-state index in [0.717, 1.165) is 6.07 Å². The molecule has 1 saturated heterocycles. The molecule has 1 aliphatic heterocycles. The van der Waals surface area contributed by atoms with Gasteiger partial charge in [0.2, 0.25) is 0 Å². The van der Waals surface area contributed by atoms with Crippen molar-refractivity contribution in [1.82, 2.24) is 4.90 Å². The summed E-state index contributed by atoms with van der Waals surface area (Å²) < 4.78 is 49.4. The number of ether oxygens (including phenoxy) is 2. The van der Waals surface area contributed by atoms with Crippen LogP contribution < -0.4 is 10.5 Å². The summed E-state index contributed by atoms with van der Waals surface area (Å²) >= 11 is 0. The van der Waals surface area contributed by atoms with Gasteiger partial charge in [0.1, 0.15) is 17.5 Å². The lowest BCUT2D eigenvalue weighted by Gasteiger charge is -2.39. The maximum atomic E-state index is 13.0. The van der Waals surface area contributed by atoms with Gasteiger partial charge < -0.3 is 20.1 Å². The summed E-state index contributed by atoms with van der Waals surface area (Å²) in [6, 6.07) is 3.36. The summed E-state index contributed by atoms with van der Waals surface area (Å²) in [4.78, 5) is 13.1. The van der Waals surface area contributed by atoms with E-state index in [4.69, 9.17) is 15.2 Å². The van der Waals surface area contributed by atoms with Gasteiger partial charge in [-0.05, 0) is 39.0 Å². The highest BCUT2D eigenvalue weighted by Gasteiger charge is 2.39. The van der Waals surface area contributed by atoms with E-state index in [1.54, 1.807) is 20.8 Å². The SMILES string of the molecule is CC(C)(C)OC(=O)N1CC(Oc2ccc(N)cc2C(F)(F)F)C1. The maximum Gasteiger partial charge on any atom is 0.420 e. The van der Waals surface area contributed by atoms with E-state index in [-0.39, 0.29) is 24.5 Å². The normalized spacial score (nSPS) is 16.0. The minimum atomic E-state index is -4.56. The van der Waals surface area contributed by atoms with E-state index in [1.165, 1.54) is 17.0 Å². The van der Waals surface area contributed by atoms with Crippen LogP contribution in [0, 0.1) is 0 Å². The van der Waals surface area contributed by atoms with Gasteiger partial charge in [-0.3, -0.25) is 0 Å². The van der Waals surface area contributed by atoms with Gasteiger partial charge in [0.05, 0.1) is 18.7 Å². The second-order valence-corrected chi connectivity index (χ2v) is 6.38. The first-order valence-electron chi connectivity index (χ1n) is 7.07. The fraction of sp³-hybridized carbons (Fsp3) is 0.533. The van der Waals surface area contributed by atoms with Crippen molar-refractivity contribution in [3.8, 4) is 5.75 Å². The Morgan fingerprint density at radius 1 is 1.26 bits per heavy atom. The van der Waals surface area contributed by atoms with Crippen molar-refractivity contribution in [1.29, 1.82) is 0 Å². The quantitative estimate of drug-likeness (QED) is 0.844. The molecule has 1 heterocycles. The van der Waals surface area contributed by atoms with Gasteiger partial charge >= 0.3 is 12.3 Å². The van der Waals surface area contributed by atoms with E-state index >= 15 is 0 Å². The predicted octanol–water partition coefficient (Wildman–Crippen LogP) is 3.29. The van der Waals surface area contributed by atoms with Crippen LogP contribution in [0.2, 0.25) is 0 Å². The summed E-state index contributed by atoms with van der Waals surface area (Å²) in [6.45, 7) is 5.57. The molecule has 128 valence electrons. The van der Waals surface area contributed by atoms with Gasteiger partial charge in [0.15, 0.2) is 0 Å². The van der Waals surface area contributed by atoms with E-state index in [1.807, 2.05) is 0 Å². The summed E-state index contributed by atoms with van der Waals surface area (Å²) in [5, 5.41) is 0. The standard InChI is InChI=1S/C15H19F3N2O3/c1-14(2,3)23-13(21)20-7-10(8-20)22-12-5-4-9(19)6-11(12)15(16,17)18/h4-6,10H,7-8,19H2,1-3H3. The smallest absolute Gasteiger partial charge is 0.420 e. The molecule has 0 unspecified atom stereocenters. The number of nitrogen functional groups attached to an aromatic ring is 1. The summed E-state index contributed by atoms with van der Waals surface area (Å²) in [7, 11) is 0. The minimum absolute atomic E-state index is 0.00802. The molecule has 0 spiro atoms. The first kappa shape index (κ1) is 17.2. The van der Waals surface area contributed by atoms with Crippen LogP contribution in [0.15, 0.2) is 18.2 Å². The number of anilines is 1. The predicted molar refractivity (Wildman–Crippen MR) is 78.1 cm³/mol. The summed E-state index contributed by atoms with van der Waals surface area (Å²) in [6.07, 6.45) is -5.57. The van der Waals surface area contributed by atoms with Crippen LogP contribution in [0.1, 0.15) is 26.3 Å². The van der Waals surface area contributed by atoms with E-state index in [2.05, 4.69) is 0 Å². The van der Waals surface area contributed by atoms with Gasteiger partial charge in [-0.15, -0.1) is 0 Å². The molecule has 0 aliphatic carbocycles. The van der Waals surface area contributed by atoms with E-state index in [0.29, 0.717) is 0 Å². The zero-order valence-corrected chi connectivity index (χ0v) is 13.1. The lowest BCUT2D eigenvalue weighted by atomic mass is 10.1. The Kier molecular flexibility index (Phi) is 4.37. The first-order chi connectivity index (χ1) is 10.5. The number of nitrogens with two attached hydrogens (primary N) is 1. The Bertz CT molecular complexity index is 591.